The Morgan fingerprint density at radius 1 is 1.26 bits per heavy atom. The summed E-state index contributed by atoms with van der Waals surface area (Å²) in [6.45, 7) is 3.40. The van der Waals surface area contributed by atoms with Gasteiger partial charge in [0.25, 0.3) is 5.91 Å². The third-order valence-electron chi connectivity index (χ3n) is 3.05. The topological polar surface area (TPSA) is 87.7 Å². The molecule has 7 nitrogen and oxygen atoms in total. The predicted octanol–water partition coefficient (Wildman–Crippen LogP) is 0.550. The summed E-state index contributed by atoms with van der Waals surface area (Å²) in [4.78, 5) is 37.0. The van der Waals surface area contributed by atoms with E-state index in [4.69, 9.17) is 4.74 Å². The van der Waals surface area contributed by atoms with Crippen LogP contribution in [0.25, 0.3) is 0 Å². The number of carbonyl (C=O) groups excluding carboxylic acids is 3. The maximum absolute atomic E-state index is 11.9. The van der Waals surface area contributed by atoms with Gasteiger partial charge >= 0.3 is 5.97 Å². The molecule has 0 aliphatic rings. The molecule has 0 heterocycles. The molecule has 0 spiro atoms. The van der Waals surface area contributed by atoms with Crippen LogP contribution >= 0.6 is 0 Å². The minimum atomic E-state index is -0.682. The molecule has 1 atom stereocenters. The van der Waals surface area contributed by atoms with E-state index in [9.17, 15) is 14.4 Å². The standard InChI is InChI=1S/C16H23N3O4/c1-5-17-15(21)11(2)18-14(20)10-23-16(22)12-7-6-8-13(9-12)19(3)4/h6-9,11H,5,10H2,1-4H3,(H,17,21)(H,18,20)/t11-/m0/s1. The fourth-order valence-electron chi connectivity index (χ4n) is 1.80. The molecule has 0 aromatic heterocycles. The Hall–Kier alpha value is -2.57. The number of rotatable bonds is 7. The van der Waals surface area contributed by atoms with Crippen LogP contribution in [0.1, 0.15) is 24.2 Å². The molecule has 7 heteroatoms. The van der Waals surface area contributed by atoms with E-state index in [2.05, 4.69) is 10.6 Å². The van der Waals surface area contributed by atoms with E-state index in [1.165, 1.54) is 0 Å². The van der Waals surface area contributed by atoms with E-state index in [0.29, 0.717) is 12.1 Å². The maximum Gasteiger partial charge on any atom is 0.338 e. The molecule has 0 saturated carbocycles. The molecule has 1 aromatic rings. The molecule has 1 rings (SSSR count). The average Bonchev–Trinajstić information content (AvgIpc) is 2.52. The van der Waals surface area contributed by atoms with Crippen molar-refractivity contribution in [1.29, 1.82) is 0 Å². The molecule has 126 valence electrons. The number of nitrogens with one attached hydrogen (secondary N) is 2. The number of likely N-dealkylation sites (N-methyl/N-ethyl adjacent to an activating group) is 1. The van der Waals surface area contributed by atoms with Crippen LogP contribution in [0, 0.1) is 0 Å². The number of hydrogen-bond acceptors (Lipinski definition) is 5. The van der Waals surface area contributed by atoms with E-state index >= 15 is 0 Å². The van der Waals surface area contributed by atoms with Gasteiger partial charge < -0.3 is 20.3 Å². The smallest absolute Gasteiger partial charge is 0.338 e. The Kier molecular flexibility index (Phi) is 7.05. The number of nitrogens with zero attached hydrogens (tertiary/aromatic N) is 1. The predicted molar refractivity (Wildman–Crippen MR) is 87.3 cm³/mol. The zero-order valence-electron chi connectivity index (χ0n) is 13.9. The van der Waals surface area contributed by atoms with E-state index in [0.717, 1.165) is 5.69 Å². The highest BCUT2D eigenvalue weighted by atomic mass is 16.5. The van der Waals surface area contributed by atoms with Gasteiger partial charge in [0, 0.05) is 26.3 Å². The third kappa shape index (κ3) is 5.98. The molecule has 2 amide bonds. The van der Waals surface area contributed by atoms with Gasteiger partial charge in [-0.1, -0.05) is 6.07 Å². The molecule has 2 N–H and O–H groups in total. The summed E-state index contributed by atoms with van der Waals surface area (Å²) in [5.74, 6) is -1.40. The minimum absolute atomic E-state index is 0.286. The van der Waals surface area contributed by atoms with Crippen LogP contribution in [0.4, 0.5) is 5.69 Å². The fourth-order valence-corrected chi connectivity index (χ4v) is 1.80. The second-order valence-electron chi connectivity index (χ2n) is 5.20. The zero-order valence-corrected chi connectivity index (χ0v) is 13.9. The summed E-state index contributed by atoms with van der Waals surface area (Å²) in [6.07, 6.45) is 0. The lowest BCUT2D eigenvalue weighted by Gasteiger charge is -2.14. The van der Waals surface area contributed by atoms with Crippen molar-refractivity contribution < 1.29 is 19.1 Å². The van der Waals surface area contributed by atoms with Gasteiger partial charge in [-0.15, -0.1) is 0 Å². The molecule has 0 saturated heterocycles. The lowest BCUT2D eigenvalue weighted by Crippen LogP contribution is -2.46. The zero-order chi connectivity index (χ0) is 17.4. The second-order valence-corrected chi connectivity index (χ2v) is 5.20. The van der Waals surface area contributed by atoms with Crippen molar-refractivity contribution in [3.05, 3.63) is 29.8 Å². The van der Waals surface area contributed by atoms with Gasteiger partial charge in [0.05, 0.1) is 5.56 Å². The van der Waals surface area contributed by atoms with Crippen molar-refractivity contribution in [3.8, 4) is 0 Å². The first-order chi connectivity index (χ1) is 10.8. The number of anilines is 1. The highest BCUT2D eigenvalue weighted by molar-refractivity contribution is 5.93. The van der Waals surface area contributed by atoms with Gasteiger partial charge in [-0.05, 0) is 32.0 Å². The Bertz CT molecular complexity index is 572. The molecule has 0 unspecified atom stereocenters. The van der Waals surface area contributed by atoms with Crippen LogP contribution in [-0.4, -0.2) is 51.1 Å². The van der Waals surface area contributed by atoms with Crippen LogP contribution < -0.4 is 15.5 Å². The highest BCUT2D eigenvalue weighted by Crippen LogP contribution is 2.14. The first kappa shape index (κ1) is 18.5. The Morgan fingerprint density at radius 3 is 2.57 bits per heavy atom. The number of benzene rings is 1. The average molecular weight is 321 g/mol. The van der Waals surface area contributed by atoms with Crippen molar-refractivity contribution in [2.75, 3.05) is 32.1 Å². The highest BCUT2D eigenvalue weighted by Gasteiger charge is 2.16. The van der Waals surface area contributed by atoms with E-state index in [1.807, 2.05) is 25.1 Å². The quantitative estimate of drug-likeness (QED) is 0.716. The number of ether oxygens (including phenoxy) is 1. The number of carbonyl (C=O) groups is 3. The van der Waals surface area contributed by atoms with Gasteiger partial charge in [0.15, 0.2) is 6.61 Å². The van der Waals surface area contributed by atoms with Crippen LogP contribution in [0.3, 0.4) is 0 Å². The summed E-state index contributed by atoms with van der Waals surface area (Å²) in [5.41, 5.74) is 1.22. The van der Waals surface area contributed by atoms with Crippen LogP contribution in [0.5, 0.6) is 0 Å². The molecule has 0 aliphatic heterocycles. The number of esters is 1. The molecule has 0 radical (unpaired) electrons. The largest absolute Gasteiger partial charge is 0.452 e. The Balaban J connectivity index is 2.51. The van der Waals surface area contributed by atoms with Crippen LogP contribution in [-0.2, 0) is 14.3 Å². The van der Waals surface area contributed by atoms with E-state index in [1.54, 1.807) is 32.0 Å². The fraction of sp³-hybridized carbons (Fsp3) is 0.438. The molecule has 0 aliphatic carbocycles. The van der Waals surface area contributed by atoms with Gasteiger partial charge in [-0.3, -0.25) is 9.59 Å². The Morgan fingerprint density at radius 2 is 1.96 bits per heavy atom. The van der Waals surface area contributed by atoms with Crippen molar-refractivity contribution in [2.24, 2.45) is 0 Å². The van der Waals surface area contributed by atoms with Gasteiger partial charge in [-0.2, -0.15) is 0 Å². The van der Waals surface area contributed by atoms with Crippen molar-refractivity contribution in [3.63, 3.8) is 0 Å². The lowest BCUT2D eigenvalue weighted by molar-refractivity contribution is -0.130. The molecule has 0 fully saturated rings. The van der Waals surface area contributed by atoms with E-state index in [-0.39, 0.29) is 5.91 Å². The molecule has 23 heavy (non-hydrogen) atoms. The van der Waals surface area contributed by atoms with Crippen molar-refractivity contribution in [1.82, 2.24) is 10.6 Å². The monoisotopic (exact) mass is 321 g/mol. The normalized spacial score (nSPS) is 11.3. The maximum atomic E-state index is 11.9. The van der Waals surface area contributed by atoms with Gasteiger partial charge in [0.2, 0.25) is 5.91 Å². The van der Waals surface area contributed by atoms with Crippen molar-refractivity contribution >= 4 is 23.5 Å². The summed E-state index contributed by atoms with van der Waals surface area (Å²) < 4.78 is 4.96. The Labute approximate surface area is 136 Å². The minimum Gasteiger partial charge on any atom is -0.452 e. The summed E-state index contributed by atoms with van der Waals surface area (Å²) in [6, 6.07) is 6.21. The first-order valence-electron chi connectivity index (χ1n) is 7.36. The molecular weight excluding hydrogens is 298 g/mol. The number of hydrogen-bond donors (Lipinski definition) is 2. The molecule has 1 aromatic carbocycles. The lowest BCUT2D eigenvalue weighted by atomic mass is 10.2. The second kappa shape index (κ2) is 8.77. The van der Waals surface area contributed by atoms with Gasteiger partial charge in [0.1, 0.15) is 6.04 Å². The van der Waals surface area contributed by atoms with Crippen LogP contribution in [0.2, 0.25) is 0 Å². The number of amides is 2. The van der Waals surface area contributed by atoms with Crippen LogP contribution in [0.15, 0.2) is 24.3 Å². The van der Waals surface area contributed by atoms with Gasteiger partial charge in [-0.25, -0.2) is 4.79 Å². The summed E-state index contributed by atoms with van der Waals surface area (Å²) >= 11 is 0. The molecular formula is C16H23N3O4. The third-order valence-corrected chi connectivity index (χ3v) is 3.05. The summed E-state index contributed by atoms with van der Waals surface area (Å²) in [7, 11) is 3.72. The van der Waals surface area contributed by atoms with Crippen molar-refractivity contribution in [2.45, 2.75) is 19.9 Å². The molecule has 0 bridgehead atoms. The SMILES string of the molecule is CCNC(=O)[C@H](C)NC(=O)COC(=O)c1cccc(N(C)C)c1. The van der Waals surface area contributed by atoms with E-state index < -0.39 is 24.5 Å². The summed E-state index contributed by atoms with van der Waals surface area (Å²) in [5, 5.41) is 5.06. The first-order valence-corrected chi connectivity index (χ1v) is 7.36.